The van der Waals surface area contributed by atoms with Gasteiger partial charge < -0.3 is 5.11 Å². The number of hydrogen-bond donors (Lipinski definition) is 1. The second kappa shape index (κ2) is 7.98. The second-order valence-electron chi connectivity index (χ2n) is 8.94. The van der Waals surface area contributed by atoms with Crippen molar-refractivity contribution in [3.63, 3.8) is 0 Å². The minimum Gasteiger partial charge on any atom is -0.386 e. The number of aliphatic hydroxyl groups excluding tert-OH is 1. The first-order chi connectivity index (χ1) is 14.3. The highest BCUT2D eigenvalue weighted by Gasteiger charge is 2.48. The SMILES string of the molecule is C[Si](C)(C)CC(c1ccccc1Cl)(C(O)c1ccccc1)n1nnc2ccccc21. The minimum absolute atomic E-state index is 0.616. The Morgan fingerprint density at radius 3 is 2.27 bits per heavy atom. The Labute approximate surface area is 183 Å². The molecule has 6 heteroatoms. The molecule has 1 N–H and O–H groups in total. The fourth-order valence-corrected chi connectivity index (χ4v) is 6.79. The molecule has 0 amide bonds. The van der Waals surface area contributed by atoms with Crippen LogP contribution in [0, 0.1) is 0 Å². The number of halogens is 1. The van der Waals surface area contributed by atoms with Crippen molar-refractivity contribution < 1.29 is 5.11 Å². The number of para-hydroxylation sites is 1. The molecule has 4 nitrogen and oxygen atoms in total. The third-order valence-electron chi connectivity index (χ3n) is 5.44. The number of aromatic nitrogens is 3. The molecule has 0 saturated carbocycles. The van der Waals surface area contributed by atoms with Crippen molar-refractivity contribution in [1.82, 2.24) is 15.0 Å². The molecule has 0 radical (unpaired) electrons. The van der Waals surface area contributed by atoms with Crippen LogP contribution in [0.5, 0.6) is 0 Å². The molecule has 0 spiro atoms. The average Bonchev–Trinajstić information content (AvgIpc) is 3.16. The Kier molecular flexibility index (Phi) is 5.53. The molecule has 0 aliphatic rings. The van der Waals surface area contributed by atoms with Gasteiger partial charge in [-0.3, -0.25) is 0 Å². The molecule has 4 aromatic rings. The van der Waals surface area contributed by atoms with Gasteiger partial charge in [0.25, 0.3) is 0 Å². The van der Waals surface area contributed by atoms with Crippen LogP contribution in [0.3, 0.4) is 0 Å². The van der Waals surface area contributed by atoms with Gasteiger partial charge in [-0.25, -0.2) is 4.68 Å². The van der Waals surface area contributed by atoms with Gasteiger partial charge in [0.15, 0.2) is 0 Å². The first-order valence-electron chi connectivity index (χ1n) is 10.1. The van der Waals surface area contributed by atoms with Crippen LogP contribution < -0.4 is 0 Å². The van der Waals surface area contributed by atoms with Crippen LogP contribution in [0.1, 0.15) is 17.2 Å². The van der Waals surface area contributed by atoms with Crippen LogP contribution in [0.4, 0.5) is 0 Å². The summed E-state index contributed by atoms with van der Waals surface area (Å²) in [5, 5.41) is 21.6. The highest BCUT2D eigenvalue weighted by Crippen LogP contribution is 2.48. The molecular weight excluding hydrogens is 410 g/mol. The molecule has 30 heavy (non-hydrogen) atoms. The molecular formula is C24H26ClN3OSi. The molecule has 1 heterocycles. The lowest BCUT2D eigenvalue weighted by molar-refractivity contribution is 0.0637. The molecule has 1 aromatic heterocycles. The summed E-state index contributed by atoms with van der Waals surface area (Å²) in [6.07, 6.45) is -0.851. The summed E-state index contributed by atoms with van der Waals surface area (Å²) in [6, 6.07) is 26.2. The average molecular weight is 436 g/mol. The lowest BCUT2D eigenvalue weighted by atomic mass is 9.82. The van der Waals surface area contributed by atoms with Crippen LogP contribution in [-0.2, 0) is 5.54 Å². The summed E-state index contributed by atoms with van der Waals surface area (Å²) in [5.41, 5.74) is 2.48. The van der Waals surface area contributed by atoms with Gasteiger partial charge in [0.05, 0.1) is 5.52 Å². The van der Waals surface area contributed by atoms with E-state index < -0.39 is 19.7 Å². The monoisotopic (exact) mass is 435 g/mol. The maximum atomic E-state index is 12.0. The molecule has 2 unspecified atom stereocenters. The fraction of sp³-hybridized carbons (Fsp3) is 0.250. The van der Waals surface area contributed by atoms with E-state index in [-0.39, 0.29) is 0 Å². The van der Waals surface area contributed by atoms with E-state index in [4.69, 9.17) is 11.6 Å². The molecule has 0 fully saturated rings. The Morgan fingerprint density at radius 2 is 1.57 bits per heavy atom. The normalized spacial score (nSPS) is 15.1. The topological polar surface area (TPSA) is 50.9 Å². The molecule has 4 rings (SSSR count). The Balaban J connectivity index is 2.10. The zero-order chi connectivity index (χ0) is 21.4. The highest BCUT2D eigenvalue weighted by molar-refractivity contribution is 6.76. The summed E-state index contributed by atoms with van der Waals surface area (Å²) >= 11 is 6.78. The van der Waals surface area contributed by atoms with Crippen LogP contribution >= 0.6 is 11.6 Å². The van der Waals surface area contributed by atoms with Gasteiger partial charge in [-0.15, -0.1) is 5.10 Å². The van der Waals surface area contributed by atoms with Crippen molar-refractivity contribution in [2.75, 3.05) is 0 Å². The van der Waals surface area contributed by atoms with Gasteiger partial charge in [0.1, 0.15) is 17.2 Å². The van der Waals surface area contributed by atoms with Gasteiger partial charge in [0.2, 0.25) is 0 Å². The van der Waals surface area contributed by atoms with Crippen LogP contribution in [0.15, 0.2) is 78.9 Å². The first kappa shape index (κ1) is 20.8. The summed E-state index contributed by atoms with van der Waals surface area (Å²) < 4.78 is 1.90. The van der Waals surface area contributed by atoms with Gasteiger partial charge in [0, 0.05) is 18.7 Å². The lowest BCUT2D eigenvalue weighted by Crippen LogP contribution is -2.47. The minimum atomic E-state index is -1.74. The van der Waals surface area contributed by atoms with Crippen molar-refractivity contribution in [3.8, 4) is 0 Å². The third-order valence-corrected chi connectivity index (χ3v) is 7.37. The predicted molar refractivity (Wildman–Crippen MR) is 126 cm³/mol. The van der Waals surface area contributed by atoms with Gasteiger partial charge in [-0.1, -0.05) is 97.1 Å². The highest BCUT2D eigenvalue weighted by atomic mass is 35.5. The van der Waals surface area contributed by atoms with E-state index >= 15 is 0 Å². The van der Waals surface area contributed by atoms with E-state index in [1.54, 1.807) is 0 Å². The number of aliphatic hydroxyl groups is 1. The van der Waals surface area contributed by atoms with Crippen molar-refractivity contribution in [2.45, 2.75) is 37.3 Å². The standard InChI is InChI=1S/C24H26ClN3OSi/c1-30(2,3)17-24(19-13-7-8-14-20(19)25,23(29)18-11-5-4-6-12-18)28-22-16-10-9-15-21(22)26-27-28/h4-16,23,29H,17H2,1-3H3. The zero-order valence-electron chi connectivity index (χ0n) is 17.5. The number of benzene rings is 3. The molecule has 0 bridgehead atoms. The maximum Gasteiger partial charge on any atom is 0.119 e. The second-order valence-corrected chi connectivity index (χ2v) is 14.8. The number of nitrogens with zero attached hydrogens (tertiary/aromatic N) is 3. The Bertz CT molecular complexity index is 1160. The van der Waals surface area contributed by atoms with Gasteiger partial charge in [-0.2, -0.15) is 0 Å². The fourth-order valence-electron chi connectivity index (χ4n) is 4.34. The quantitative estimate of drug-likeness (QED) is 0.383. The molecule has 0 saturated heterocycles. The van der Waals surface area contributed by atoms with E-state index in [2.05, 4.69) is 30.0 Å². The number of rotatable bonds is 6. The van der Waals surface area contributed by atoms with Gasteiger partial charge >= 0.3 is 0 Å². The van der Waals surface area contributed by atoms with Crippen molar-refractivity contribution in [1.29, 1.82) is 0 Å². The third kappa shape index (κ3) is 3.69. The van der Waals surface area contributed by atoms with E-state index in [1.807, 2.05) is 83.5 Å². The van der Waals surface area contributed by atoms with Crippen LogP contribution in [0.2, 0.25) is 30.7 Å². The molecule has 0 aliphatic heterocycles. The maximum absolute atomic E-state index is 12.0. The smallest absolute Gasteiger partial charge is 0.119 e. The number of fused-ring (bicyclic) bond motifs is 1. The lowest BCUT2D eigenvalue weighted by Gasteiger charge is -2.43. The predicted octanol–water partition coefficient (Wildman–Crippen LogP) is 5.90. The Hall–Kier alpha value is -2.47. The van der Waals surface area contributed by atoms with E-state index in [9.17, 15) is 5.11 Å². The van der Waals surface area contributed by atoms with E-state index in [0.29, 0.717) is 5.02 Å². The molecule has 0 aliphatic carbocycles. The van der Waals surface area contributed by atoms with Crippen LogP contribution in [-0.4, -0.2) is 28.2 Å². The largest absolute Gasteiger partial charge is 0.386 e. The summed E-state index contributed by atoms with van der Waals surface area (Å²) in [4.78, 5) is 0. The molecule has 2 atom stereocenters. The van der Waals surface area contributed by atoms with Crippen molar-refractivity contribution in [2.24, 2.45) is 0 Å². The summed E-state index contributed by atoms with van der Waals surface area (Å²) in [7, 11) is -1.74. The van der Waals surface area contributed by atoms with Crippen molar-refractivity contribution in [3.05, 3.63) is 95.0 Å². The van der Waals surface area contributed by atoms with Crippen molar-refractivity contribution >= 4 is 30.7 Å². The van der Waals surface area contributed by atoms with E-state index in [0.717, 1.165) is 28.2 Å². The molecule has 3 aromatic carbocycles. The Morgan fingerprint density at radius 1 is 0.933 bits per heavy atom. The first-order valence-corrected chi connectivity index (χ1v) is 14.2. The van der Waals surface area contributed by atoms with Crippen LogP contribution in [0.25, 0.3) is 11.0 Å². The summed E-state index contributed by atoms with van der Waals surface area (Å²) in [5.74, 6) is 0. The molecule has 154 valence electrons. The number of hydrogen-bond acceptors (Lipinski definition) is 3. The van der Waals surface area contributed by atoms with E-state index in [1.165, 1.54) is 0 Å². The van der Waals surface area contributed by atoms with Gasteiger partial charge in [-0.05, 0) is 29.8 Å². The summed E-state index contributed by atoms with van der Waals surface area (Å²) in [6.45, 7) is 6.90. The zero-order valence-corrected chi connectivity index (χ0v) is 19.2.